The molecule has 0 fully saturated rings. The lowest BCUT2D eigenvalue weighted by Gasteiger charge is -2.16. The molecule has 0 aromatic carbocycles. The van der Waals surface area contributed by atoms with Gasteiger partial charge in [-0.15, -0.1) is 0 Å². The van der Waals surface area contributed by atoms with E-state index in [2.05, 4.69) is 6.92 Å². The third kappa shape index (κ3) is 3.33. The van der Waals surface area contributed by atoms with Crippen LogP contribution in [-0.4, -0.2) is 24.0 Å². The lowest BCUT2D eigenvalue weighted by atomic mass is 10.3. The first-order chi connectivity index (χ1) is 4.72. The molecule has 2 N–H and O–H groups in total. The average Bonchev–Trinajstić information content (AvgIpc) is 1.89. The van der Waals surface area contributed by atoms with Crippen LogP contribution < -0.4 is 5.73 Å². The number of hydrogen-bond acceptors (Lipinski definition) is 1. The summed E-state index contributed by atoms with van der Waals surface area (Å²) in [6, 6.07) is -0.309. The standard InChI is InChI=1S/C7H16N2O/c1-3-5-6-9(4-2)7(8)10/h3-6H2,1-2H3,(H2,8,10). The van der Waals surface area contributed by atoms with Crippen LogP contribution in [-0.2, 0) is 0 Å². The van der Waals surface area contributed by atoms with Crippen LogP contribution in [0, 0.1) is 0 Å². The predicted octanol–water partition coefficient (Wildman–Crippen LogP) is 1.19. The van der Waals surface area contributed by atoms with E-state index in [4.69, 9.17) is 5.73 Å². The van der Waals surface area contributed by atoms with Gasteiger partial charge < -0.3 is 10.6 Å². The number of hydrogen-bond donors (Lipinski definition) is 1. The first kappa shape index (κ1) is 9.27. The van der Waals surface area contributed by atoms with Crippen molar-refractivity contribution >= 4 is 6.03 Å². The van der Waals surface area contributed by atoms with Crippen molar-refractivity contribution in [2.45, 2.75) is 26.7 Å². The van der Waals surface area contributed by atoms with Gasteiger partial charge in [-0.3, -0.25) is 0 Å². The van der Waals surface area contributed by atoms with Crippen molar-refractivity contribution in [1.29, 1.82) is 0 Å². The van der Waals surface area contributed by atoms with Crippen LogP contribution in [0.4, 0.5) is 4.79 Å². The minimum Gasteiger partial charge on any atom is -0.351 e. The van der Waals surface area contributed by atoms with E-state index < -0.39 is 0 Å². The van der Waals surface area contributed by atoms with Crippen molar-refractivity contribution in [1.82, 2.24) is 4.90 Å². The number of nitrogens with two attached hydrogens (primary N) is 1. The van der Waals surface area contributed by atoms with Crippen molar-refractivity contribution in [3.8, 4) is 0 Å². The fourth-order valence-electron chi connectivity index (χ4n) is 0.773. The first-order valence-corrected chi connectivity index (χ1v) is 3.76. The summed E-state index contributed by atoms with van der Waals surface area (Å²) in [5.74, 6) is 0. The van der Waals surface area contributed by atoms with Gasteiger partial charge in [0.25, 0.3) is 0 Å². The van der Waals surface area contributed by atoms with E-state index in [9.17, 15) is 4.79 Å². The van der Waals surface area contributed by atoms with E-state index in [1.165, 1.54) is 0 Å². The summed E-state index contributed by atoms with van der Waals surface area (Å²) in [6.45, 7) is 5.53. The molecule has 0 heterocycles. The van der Waals surface area contributed by atoms with E-state index in [1.807, 2.05) is 6.92 Å². The summed E-state index contributed by atoms with van der Waals surface area (Å²) >= 11 is 0. The van der Waals surface area contributed by atoms with Gasteiger partial charge in [-0.25, -0.2) is 4.79 Å². The molecule has 3 heteroatoms. The molecule has 0 unspecified atom stereocenters. The van der Waals surface area contributed by atoms with Gasteiger partial charge in [0.1, 0.15) is 0 Å². The topological polar surface area (TPSA) is 46.3 Å². The van der Waals surface area contributed by atoms with Gasteiger partial charge in [-0.1, -0.05) is 13.3 Å². The Hall–Kier alpha value is -0.730. The number of nitrogens with zero attached hydrogens (tertiary/aromatic N) is 1. The highest BCUT2D eigenvalue weighted by molar-refractivity contribution is 5.71. The van der Waals surface area contributed by atoms with Gasteiger partial charge in [0.15, 0.2) is 0 Å². The Morgan fingerprint density at radius 1 is 1.50 bits per heavy atom. The SMILES string of the molecule is CCCCN(CC)C(N)=O. The molecule has 0 aromatic rings. The molecule has 0 aliphatic rings. The molecular formula is C7H16N2O. The highest BCUT2D eigenvalue weighted by Crippen LogP contribution is 1.92. The Labute approximate surface area is 62.2 Å². The van der Waals surface area contributed by atoms with E-state index in [0.29, 0.717) is 0 Å². The van der Waals surface area contributed by atoms with Crippen LogP contribution in [0.2, 0.25) is 0 Å². The number of primary amides is 1. The molecule has 60 valence electrons. The van der Waals surface area contributed by atoms with Gasteiger partial charge in [0, 0.05) is 13.1 Å². The molecule has 0 rings (SSSR count). The predicted molar refractivity (Wildman–Crippen MR) is 41.7 cm³/mol. The van der Waals surface area contributed by atoms with E-state index in [1.54, 1.807) is 4.90 Å². The molecule has 3 nitrogen and oxygen atoms in total. The number of carbonyl (C=O) groups is 1. The first-order valence-electron chi connectivity index (χ1n) is 3.76. The lowest BCUT2D eigenvalue weighted by molar-refractivity contribution is 0.209. The number of carbonyl (C=O) groups excluding carboxylic acids is 1. The van der Waals surface area contributed by atoms with Gasteiger partial charge in [-0.2, -0.15) is 0 Å². The summed E-state index contributed by atoms with van der Waals surface area (Å²) in [4.78, 5) is 12.2. The third-order valence-corrected chi connectivity index (χ3v) is 1.47. The molecule has 0 bridgehead atoms. The second-order valence-electron chi connectivity index (χ2n) is 2.27. The summed E-state index contributed by atoms with van der Waals surface area (Å²) in [5.41, 5.74) is 5.07. The normalized spacial score (nSPS) is 9.40. The Morgan fingerprint density at radius 2 is 2.10 bits per heavy atom. The maximum Gasteiger partial charge on any atom is 0.314 e. The quantitative estimate of drug-likeness (QED) is 0.633. The molecule has 0 aliphatic carbocycles. The summed E-state index contributed by atoms with van der Waals surface area (Å²) < 4.78 is 0. The molecule has 0 atom stereocenters. The monoisotopic (exact) mass is 144 g/mol. The molecule has 10 heavy (non-hydrogen) atoms. The average molecular weight is 144 g/mol. The van der Waals surface area contributed by atoms with Crippen LogP contribution in [0.1, 0.15) is 26.7 Å². The van der Waals surface area contributed by atoms with Gasteiger partial charge in [0.2, 0.25) is 0 Å². The zero-order valence-electron chi connectivity index (χ0n) is 6.76. The minimum atomic E-state index is -0.309. The second-order valence-corrected chi connectivity index (χ2v) is 2.27. The van der Waals surface area contributed by atoms with Crippen molar-refractivity contribution in [2.75, 3.05) is 13.1 Å². The highest BCUT2D eigenvalue weighted by Gasteiger charge is 2.03. The largest absolute Gasteiger partial charge is 0.351 e. The highest BCUT2D eigenvalue weighted by atomic mass is 16.2. The molecular weight excluding hydrogens is 128 g/mol. The van der Waals surface area contributed by atoms with Gasteiger partial charge in [-0.05, 0) is 13.3 Å². The molecule has 0 radical (unpaired) electrons. The van der Waals surface area contributed by atoms with Crippen molar-refractivity contribution in [2.24, 2.45) is 5.73 Å². The van der Waals surface area contributed by atoms with Crippen molar-refractivity contribution < 1.29 is 4.79 Å². The number of urea groups is 1. The molecule has 0 spiro atoms. The minimum absolute atomic E-state index is 0.309. The Morgan fingerprint density at radius 3 is 2.40 bits per heavy atom. The molecule has 0 aromatic heterocycles. The fraction of sp³-hybridized carbons (Fsp3) is 0.857. The third-order valence-electron chi connectivity index (χ3n) is 1.47. The summed E-state index contributed by atoms with van der Waals surface area (Å²) in [7, 11) is 0. The molecule has 2 amide bonds. The zero-order chi connectivity index (χ0) is 7.98. The van der Waals surface area contributed by atoms with E-state index in [-0.39, 0.29) is 6.03 Å². The summed E-state index contributed by atoms with van der Waals surface area (Å²) in [6.07, 6.45) is 2.14. The fourth-order valence-corrected chi connectivity index (χ4v) is 0.773. The molecule has 0 saturated carbocycles. The van der Waals surface area contributed by atoms with Gasteiger partial charge in [0.05, 0.1) is 0 Å². The van der Waals surface area contributed by atoms with Crippen LogP contribution in [0.3, 0.4) is 0 Å². The summed E-state index contributed by atoms with van der Waals surface area (Å²) in [5, 5.41) is 0. The van der Waals surface area contributed by atoms with Crippen LogP contribution in [0.5, 0.6) is 0 Å². The smallest absolute Gasteiger partial charge is 0.314 e. The molecule has 0 saturated heterocycles. The van der Waals surface area contributed by atoms with Crippen LogP contribution in [0.15, 0.2) is 0 Å². The Kier molecular flexibility index (Phi) is 4.72. The maximum absolute atomic E-state index is 10.6. The van der Waals surface area contributed by atoms with E-state index >= 15 is 0 Å². The van der Waals surface area contributed by atoms with Crippen LogP contribution >= 0.6 is 0 Å². The zero-order valence-corrected chi connectivity index (χ0v) is 6.76. The number of rotatable bonds is 4. The second kappa shape index (κ2) is 5.09. The Balaban J connectivity index is 3.50. The lowest BCUT2D eigenvalue weighted by Crippen LogP contribution is -2.36. The van der Waals surface area contributed by atoms with Crippen LogP contribution in [0.25, 0.3) is 0 Å². The van der Waals surface area contributed by atoms with Crippen molar-refractivity contribution in [3.63, 3.8) is 0 Å². The van der Waals surface area contributed by atoms with Crippen molar-refractivity contribution in [3.05, 3.63) is 0 Å². The number of amides is 2. The molecule has 0 aliphatic heterocycles. The Bertz CT molecular complexity index is 104. The van der Waals surface area contributed by atoms with Gasteiger partial charge >= 0.3 is 6.03 Å². The van der Waals surface area contributed by atoms with E-state index in [0.717, 1.165) is 25.9 Å². The maximum atomic E-state index is 10.6. The number of unbranched alkanes of at least 4 members (excludes halogenated alkanes) is 1.